The predicted octanol–water partition coefficient (Wildman–Crippen LogP) is 1.14. The summed E-state index contributed by atoms with van der Waals surface area (Å²) in [4.78, 5) is 27.1. The minimum atomic E-state index is -1.08. The van der Waals surface area contributed by atoms with Gasteiger partial charge in [0.05, 0.1) is 6.54 Å². The highest BCUT2D eigenvalue weighted by atomic mass is 79.9. The SMILES string of the molecule is O=C(Nc1cccc(Br)n1)C1CN1C(=O)O. The number of anilines is 1. The first-order chi connectivity index (χ1) is 7.58. The molecule has 1 fully saturated rings. The molecule has 2 amide bonds. The summed E-state index contributed by atoms with van der Waals surface area (Å²) in [5.74, 6) is 0.0459. The molecule has 1 aromatic rings. The van der Waals surface area contributed by atoms with Gasteiger partial charge in [0.2, 0.25) is 5.91 Å². The Balaban J connectivity index is 1.96. The van der Waals surface area contributed by atoms with E-state index in [0.29, 0.717) is 10.4 Å². The van der Waals surface area contributed by atoms with E-state index in [1.807, 2.05) is 0 Å². The largest absolute Gasteiger partial charge is 0.465 e. The number of amides is 2. The van der Waals surface area contributed by atoms with Crippen molar-refractivity contribution in [2.45, 2.75) is 6.04 Å². The van der Waals surface area contributed by atoms with Gasteiger partial charge in [-0.15, -0.1) is 0 Å². The van der Waals surface area contributed by atoms with E-state index in [1.54, 1.807) is 18.2 Å². The quantitative estimate of drug-likeness (QED) is 0.631. The van der Waals surface area contributed by atoms with Crippen LogP contribution >= 0.6 is 15.9 Å². The summed E-state index contributed by atoms with van der Waals surface area (Å²) in [6.45, 7) is 0.245. The Morgan fingerprint density at radius 3 is 2.88 bits per heavy atom. The molecule has 6 nitrogen and oxygen atoms in total. The van der Waals surface area contributed by atoms with Gasteiger partial charge in [0.25, 0.3) is 0 Å². The number of hydrogen-bond donors (Lipinski definition) is 2. The fourth-order valence-electron chi connectivity index (χ4n) is 1.26. The predicted molar refractivity (Wildman–Crippen MR) is 59.1 cm³/mol. The van der Waals surface area contributed by atoms with Crippen LogP contribution in [0.5, 0.6) is 0 Å². The maximum atomic E-state index is 11.5. The lowest BCUT2D eigenvalue weighted by Gasteiger charge is -2.03. The van der Waals surface area contributed by atoms with Gasteiger partial charge in [-0.05, 0) is 28.1 Å². The molecule has 1 saturated heterocycles. The summed E-state index contributed by atoms with van der Waals surface area (Å²) in [7, 11) is 0. The van der Waals surface area contributed by atoms with Crippen molar-refractivity contribution in [2.24, 2.45) is 0 Å². The first-order valence-electron chi connectivity index (χ1n) is 4.51. The van der Waals surface area contributed by atoms with Crippen LogP contribution in [0, 0.1) is 0 Å². The fraction of sp³-hybridized carbons (Fsp3) is 0.222. The molecule has 1 atom stereocenters. The third kappa shape index (κ3) is 2.30. The minimum Gasteiger partial charge on any atom is -0.465 e. The van der Waals surface area contributed by atoms with E-state index in [4.69, 9.17) is 5.11 Å². The van der Waals surface area contributed by atoms with E-state index in [1.165, 1.54) is 0 Å². The Morgan fingerprint density at radius 2 is 2.31 bits per heavy atom. The molecule has 0 aliphatic carbocycles. The molecule has 0 spiro atoms. The normalized spacial score (nSPS) is 18.1. The molecule has 84 valence electrons. The number of rotatable bonds is 2. The van der Waals surface area contributed by atoms with Gasteiger partial charge in [-0.2, -0.15) is 0 Å². The monoisotopic (exact) mass is 285 g/mol. The summed E-state index contributed by atoms with van der Waals surface area (Å²) >= 11 is 3.17. The smallest absolute Gasteiger partial charge is 0.408 e. The van der Waals surface area contributed by atoms with Crippen molar-refractivity contribution in [3.63, 3.8) is 0 Å². The molecule has 2 rings (SSSR count). The Labute approximate surface area is 99.4 Å². The van der Waals surface area contributed by atoms with Gasteiger partial charge in [-0.25, -0.2) is 9.78 Å². The summed E-state index contributed by atoms with van der Waals surface area (Å²) in [5, 5.41) is 11.2. The molecular weight excluding hydrogens is 278 g/mol. The first-order valence-corrected chi connectivity index (χ1v) is 5.30. The van der Waals surface area contributed by atoms with E-state index in [2.05, 4.69) is 26.2 Å². The second-order valence-electron chi connectivity index (χ2n) is 3.29. The topological polar surface area (TPSA) is 82.3 Å². The molecular formula is C9H8BrN3O3. The molecule has 0 bridgehead atoms. The lowest BCUT2D eigenvalue weighted by atomic mass is 10.4. The molecule has 2 N–H and O–H groups in total. The summed E-state index contributed by atoms with van der Waals surface area (Å²) in [6, 6.07) is 4.51. The van der Waals surface area contributed by atoms with E-state index in [0.717, 1.165) is 4.90 Å². The average Bonchev–Trinajstić information content (AvgIpc) is 2.96. The number of carbonyl (C=O) groups is 2. The van der Waals surface area contributed by atoms with Gasteiger partial charge in [0, 0.05) is 0 Å². The Hall–Kier alpha value is -1.63. The number of aromatic nitrogens is 1. The summed E-state index contributed by atoms with van der Waals surface area (Å²) < 4.78 is 0.608. The Kier molecular flexibility index (Phi) is 2.78. The van der Waals surface area contributed by atoms with Crippen LogP contribution in [0.15, 0.2) is 22.8 Å². The maximum Gasteiger partial charge on any atom is 0.408 e. The number of hydrogen-bond acceptors (Lipinski definition) is 3. The molecule has 16 heavy (non-hydrogen) atoms. The number of nitrogens with one attached hydrogen (secondary N) is 1. The molecule has 1 aromatic heterocycles. The van der Waals surface area contributed by atoms with Gasteiger partial charge in [0.1, 0.15) is 16.5 Å². The van der Waals surface area contributed by atoms with Gasteiger partial charge < -0.3 is 10.4 Å². The molecule has 0 radical (unpaired) electrons. The van der Waals surface area contributed by atoms with Crippen molar-refractivity contribution in [2.75, 3.05) is 11.9 Å². The van der Waals surface area contributed by atoms with Gasteiger partial charge in [-0.1, -0.05) is 6.07 Å². The second-order valence-corrected chi connectivity index (χ2v) is 4.10. The van der Waals surface area contributed by atoms with E-state index >= 15 is 0 Å². The summed E-state index contributed by atoms with van der Waals surface area (Å²) in [5.41, 5.74) is 0. The molecule has 1 unspecified atom stereocenters. The number of carboxylic acid groups (broad SMARTS) is 1. The van der Waals surface area contributed by atoms with Crippen molar-refractivity contribution < 1.29 is 14.7 Å². The van der Waals surface area contributed by atoms with Crippen molar-refractivity contribution in [3.05, 3.63) is 22.8 Å². The van der Waals surface area contributed by atoms with E-state index in [-0.39, 0.29) is 12.5 Å². The van der Waals surface area contributed by atoms with Crippen LogP contribution in [-0.4, -0.2) is 39.6 Å². The van der Waals surface area contributed by atoms with E-state index < -0.39 is 12.1 Å². The number of halogens is 1. The molecule has 0 saturated carbocycles. The highest BCUT2D eigenvalue weighted by molar-refractivity contribution is 9.10. The number of carbonyl (C=O) groups excluding carboxylic acids is 1. The van der Waals surface area contributed by atoms with E-state index in [9.17, 15) is 9.59 Å². The molecule has 1 aliphatic heterocycles. The molecule has 0 aromatic carbocycles. The second kappa shape index (κ2) is 4.09. The third-order valence-electron chi connectivity index (χ3n) is 2.13. The average molecular weight is 286 g/mol. The zero-order valence-corrected chi connectivity index (χ0v) is 9.64. The van der Waals surface area contributed by atoms with Gasteiger partial charge in [-0.3, -0.25) is 9.69 Å². The molecule has 7 heteroatoms. The van der Waals surface area contributed by atoms with Crippen LogP contribution in [0.2, 0.25) is 0 Å². The number of pyridine rings is 1. The Bertz CT molecular complexity index is 451. The maximum absolute atomic E-state index is 11.5. The molecule has 2 heterocycles. The number of nitrogens with zero attached hydrogens (tertiary/aromatic N) is 2. The van der Waals surface area contributed by atoms with Crippen molar-refractivity contribution in [1.29, 1.82) is 0 Å². The van der Waals surface area contributed by atoms with Crippen LogP contribution in [-0.2, 0) is 4.79 Å². The fourth-order valence-corrected chi connectivity index (χ4v) is 1.61. The zero-order chi connectivity index (χ0) is 11.7. The van der Waals surface area contributed by atoms with Crippen LogP contribution in [0.3, 0.4) is 0 Å². The summed E-state index contributed by atoms with van der Waals surface area (Å²) in [6.07, 6.45) is -1.08. The highest BCUT2D eigenvalue weighted by Crippen LogP contribution is 2.19. The van der Waals surface area contributed by atoms with Crippen LogP contribution in [0.25, 0.3) is 0 Å². The van der Waals surface area contributed by atoms with Crippen molar-refractivity contribution >= 4 is 33.7 Å². The van der Waals surface area contributed by atoms with Gasteiger partial charge in [0.15, 0.2) is 0 Å². The van der Waals surface area contributed by atoms with Crippen molar-refractivity contribution in [3.8, 4) is 0 Å². The highest BCUT2D eigenvalue weighted by Gasteiger charge is 2.44. The van der Waals surface area contributed by atoms with Crippen LogP contribution < -0.4 is 5.32 Å². The van der Waals surface area contributed by atoms with Crippen molar-refractivity contribution in [1.82, 2.24) is 9.88 Å². The lowest BCUT2D eigenvalue weighted by Crippen LogP contribution is -2.24. The third-order valence-corrected chi connectivity index (χ3v) is 2.57. The standard InChI is InChI=1S/C9H8BrN3O3/c10-6-2-1-3-7(11-6)12-8(14)5-4-13(5)9(15)16/h1-3,5H,4H2,(H,15,16)(H,11,12,14). The Morgan fingerprint density at radius 1 is 1.56 bits per heavy atom. The zero-order valence-electron chi connectivity index (χ0n) is 8.05. The lowest BCUT2D eigenvalue weighted by molar-refractivity contribution is -0.116. The van der Waals surface area contributed by atoms with Crippen LogP contribution in [0.1, 0.15) is 0 Å². The van der Waals surface area contributed by atoms with Crippen LogP contribution in [0.4, 0.5) is 10.6 Å². The first kappa shape index (κ1) is 10.9. The molecule has 1 aliphatic rings. The van der Waals surface area contributed by atoms with Gasteiger partial charge >= 0.3 is 6.09 Å². The minimum absolute atomic E-state index is 0.245.